The minimum absolute atomic E-state index is 0.158. The molecule has 0 fully saturated rings. The van der Waals surface area contributed by atoms with Crippen molar-refractivity contribution in [2.24, 2.45) is 0 Å². The van der Waals surface area contributed by atoms with Crippen LogP contribution in [0.2, 0.25) is 0 Å². The van der Waals surface area contributed by atoms with Crippen LogP contribution >= 0.6 is 0 Å². The first-order valence-corrected chi connectivity index (χ1v) is 7.89. The van der Waals surface area contributed by atoms with Crippen LogP contribution in [0.15, 0.2) is 59.7 Å². The SMILES string of the molecule is Cc1nc2c(-c3ccccn3)c[nH]n2c(=O)c1Cc1ccc(F)cc1. The second-order valence-corrected chi connectivity index (χ2v) is 5.85. The number of aryl methyl sites for hydroxylation is 1. The number of rotatable bonds is 3. The summed E-state index contributed by atoms with van der Waals surface area (Å²) in [5, 5.41) is 2.96. The van der Waals surface area contributed by atoms with E-state index in [4.69, 9.17) is 0 Å². The number of benzene rings is 1. The lowest BCUT2D eigenvalue weighted by Gasteiger charge is -2.06. The zero-order valence-corrected chi connectivity index (χ0v) is 13.5. The molecule has 3 heterocycles. The van der Waals surface area contributed by atoms with Crippen LogP contribution in [0.4, 0.5) is 4.39 Å². The highest BCUT2D eigenvalue weighted by Crippen LogP contribution is 2.21. The number of aromatic nitrogens is 4. The van der Waals surface area contributed by atoms with Crippen molar-refractivity contribution >= 4 is 5.65 Å². The Kier molecular flexibility index (Phi) is 3.65. The van der Waals surface area contributed by atoms with Gasteiger partial charge in [0.2, 0.25) is 0 Å². The molecule has 0 aliphatic carbocycles. The van der Waals surface area contributed by atoms with Gasteiger partial charge in [-0.25, -0.2) is 13.9 Å². The largest absolute Gasteiger partial charge is 0.296 e. The summed E-state index contributed by atoms with van der Waals surface area (Å²) in [7, 11) is 0. The fourth-order valence-electron chi connectivity index (χ4n) is 2.88. The molecule has 124 valence electrons. The highest BCUT2D eigenvalue weighted by molar-refractivity contribution is 5.74. The molecule has 0 saturated carbocycles. The molecule has 0 amide bonds. The smallest absolute Gasteiger partial charge is 0.276 e. The number of pyridine rings is 1. The Hall–Kier alpha value is -3.28. The summed E-state index contributed by atoms with van der Waals surface area (Å²) in [4.78, 5) is 21.8. The first kappa shape index (κ1) is 15.3. The lowest BCUT2D eigenvalue weighted by molar-refractivity contribution is 0.627. The van der Waals surface area contributed by atoms with Gasteiger partial charge in [0.25, 0.3) is 5.56 Å². The summed E-state index contributed by atoms with van der Waals surface area (Å²) in [5.74, 6) is -0.296. The summed E-state index contributed by atoms with van der Waals surface area (Å²) in [6, 6.07) is 11.7. The highest BCUT2D eigenvalue weighted by atomic mass is 19.1. The van der Waals surface area contributed by atoms with Crippen LogP contribution in [0.5, 0.6) is 0 Å². The minimum atomic E-state index is -0.296. The highest BCUT2D eigenvalue weighted by Gasteiger charge is 2.15. The van der Waals surface area contributed by atoms with E-state index < -0.39 is 0 Å². The maximum absolute atomic E-state index is 13.1. The number of nitrogens with one attached hydrogen (secondary N) is 1. The quantitative estimate of drug-likeness (QED) is 0.626. The fourth-order valence-corrected chi connectivity index (χ4v) is 2.88. The van der Waals surface area contributed by atoms with Gasteiger partial charge in [0.1, 0.15) is 5.82 Å². The van der Waals surface area contributed by atoms with E-state index in [1.807, 2.05) is 25.1 Å². The van der Waals surface area contributed by atoms with Crippen LogP contribution in [0.3, 0.4) is 0 Å². The zero-order valence-electron chi connectivity index (χ0n) is 13.5. The fraction of sp³-hybridized carbons (Fsp3) is 0.105. The topological polar surface area (TPSA) is 63.1 Å². The van der Waals surface area contributed by atoms with E-state index in [2.05, 4.69) is 15.1 Å². The molecule has 0 saturated heterocycles. The van der Waals surface area contributed by atoms with E-state index in [-0.39, 0.29) is 11.4 Å². The van der Waals surface area contributed by atoms with Gasteiger partial charge < -0.3 is 0 Å². The second kappa shape index (κ2) is 5.98. The molecule has 0 aliphatic heterocycles. The van der Waals surface area contributed by atoms with Gasteiger partial charge in [0.05, 0.1) is 11.3 Å². The Labute approximate surface area is 142 Å². The molecule has 1 N–H and O–H groups in total. The molecule has 25 heavy (non-hydrogen) atoms. The molecular weight excluding hydrogens is 319 g/mol. The Morgan fingerprint density at radius 2 is 1.96 bits per heavy atom. The summed E-state index contributed by atoms with van der Waals surface area (Å²) in [5.41, 5.74) is 4.01. The van der Waals surface area contributed by atoms with Crippen LogP contribution in [0.25, 0.3) is 16.9 Å². The Bertz CT molecular complexity index is 1100. The van der Waals surface area contributed by atoms with Gasteiger partial charge in [0, 0.05) is 30.1 Å². The Balaban J connectivity index is 1.83. The first-order valence-electron chi connectivity index (χ1n) is 7.89. The third kappa shape index (κ3) is 2.71. The summed E-state index contributed by atoms with van der Waals surface area (Å²) >= 11 is 0. The van der Waals surface area contributed by atoms with Crippen molar-refractivity contribution in [3.8, 4) is 11.3 Å². The number of hydrogen-bond donors (Lipinski definition) is 1. The minimum Gasteiger partial charge on any atom is -0.296 e. The van der Waals surface area contributed by atoms with E-state index in [1.54, 1.807) is 24.5 Å². The average molecular weight is 334 g/mol. The molecule has 1 aromatic carbocycles. The molecule has 4 aromatic rings. The third-order valence-electron chi connectivity index (χ3n) is 4.20. The Morgan fingerprint density at radius 3 is 2.68 bits per heavy atom. The van der Waals surface area contributed by atoms with Crippen molar-refractivity contribution in [1.29, 1.82) is 0 Å². The normalized spacial score (nSPS) is 11.1. The van der Waals surface area contributed by atoms with Crippen molar-refractivity contribution in [1.82, 2.24) is 19.6 Å². The van der Waals surface area contributed by atoms with E-state index in [0.29, 0.717) is 23.3 Å². The number of aromatic amines is 1. The first-order chi connectivity index (χ1) is 12.1. The van der Waals surface area contributed by atoms with E-state index in [9.17, 15) is 9.18 Å². The molecule has 4 rings (SSSR count). The van der Waals surface area contributed by atoms with Gasteiger partial charge >= 0.3 is 0 Å². The second-order valence-electron chi connectivity index (χ2n) is 5.85. The number of hydrogen-bond acceptors (Lipinski definition) is 3. The number of nitrogens with zero attached hydrogens (tertiary/aromatic N) is 3. The van der Waals surface area contributed by atoms with Crippen molar-refractivity contribution in [3.05, 3.63) is 87.9 Å². The third-order valence-corrected chi connectivity index (χ3v) is 4.20. The van der Waals surface area contributed by atoms with Gasteiger partial charge in [-0.15, -0.1) is 0 Å². The molecule has 6 heteroatoms. The van der Waals surface area contributed by atoms with Gasteiger partial charge in [-0.2, -0.15) is 0 Å². The maximum Gasteiger partial charge on any atom is 0.276 e. The molecule has 0 aliphatic rings. The van der Waals surface area contributed by atoms with Crippen LogP contribution in [0.1, 0.15) is 16.8 Å². The summed E-state index contributed by atoms with van der Waals surface area (Å²) in [6.07, 6.45) is 3.83. The van der Waals surface area contributed by atoms with Crippen molar-refractivity contribution < 1.29 is 4.39 Å². The van der Waals surface area contributed by atoms with Gasteiger partial charge in [0.15, 0.2) is 5.65 Å². The van der Waals surface area contributed by atoms with Crippen molar-refractivity contribution in [2.75, 3.05) is 0 Å². The Morgan fingerprint density at radius 1 is 1.16 bits per heavy atom. The van der Waals surface area contributed by atoms with Gasteiger partial charge in [-0.1, -0.05) is 18.2 Å². The van der Waals surface area contributed by atoms with Gasteiger partial charge in [-0.3, -0.25) is 14.9 Å². The summed E-state index contributed by atoms with van der Waals surface area (Å²) < 4.78 is 14.5. The molecule has 5 nitrogen and oxygen atoms in total. The number of H-pyrrole nitrogens is 1. The summed E-state index contributed by atoms with van der Waals surface area (Å²) in [6.45, 7) is 1.81. The predicted octanol–water partition coefficient (Wildman–Crippen LogP) is 3.12. The number of fused-ring (bicyclic) bond motifs is 1. The van der Waals surface area contributed by atoms with Crippen molar-refractivity contribution in [2.45, 2.75) is 13.3 Å². The van der Waals surface area contributed by atoms with E-state index in [0.717, 1.165) is 16.8 Å². The maximum atomic E-state index is 13.1. The number of halogens is 1. The van der Waals surface area contributed by atoms with Crippen LogP contribution in [0, 0.1) is 12.7 Å². The van der Waals surface area contributed by atoms with E-state index >= 15 is 0 Å². The molecule has 0 unspecified atom stereocenters. The predicted molar refractivity (Wildman–Crippen MR) is 93.0 cm³/mol. The molecule has 0 radical (unpaired) electrons. The molecule has 0 spiro atoms. The van der Waals surface area contributed by atoms with E-state index in [1.165, 1.54) is 16.6 Å². The molecule has 0 bridgehead atoms. The monoisotopic (exact) mass is 334 g/mol. The molecule has 3 aromatic heterocycles. The van der Waals surface area contributed by atoms with Crippen LogP contribution in [-0.4, -0.2) is 19.6 Å². The molecule has 0 atom stereocenters. The average Bonchev–Trinajstić information content (AvgIpc) is 3.05. The lowest BCUT2D eigenvalue weighted by atomic mass is 10.0. The lowest BCUT2D eigenvalue weighted by Crippen LogP contribution is -2.22. The standard InChI is InChI=1S/C19H15FN4O/c1-12-15(10-13-5-7-14(20)8-6-13)19(25)24-18(23-12)16(11-22-24)17-4-2-3-9-21-17/h2-9,11,22H,10H2,1H3. The zero-order chi connectivity index (χ0) is 17.4. The molecular formula is C19H15FN4O. The van der Waals surface area contributed by atoms with Gasteiger partial charge in [-0.05, 0) is 36.8 Å². The van der Waals surface area contributed by atoms with Crippen LogP contribution < -0.4 is 5.56 Å². The van der Waals surface area contributed by atoms with Crippen LogP contribution in [-0.2, 0) is 6.42 Å². The van der Waals surface area contributed by atoms with Crippen molar-refractivity contribution in [3.63, 3.8) is 0 Å².